The lowest BCUT2D eigenvalue weighted by molar-refractivity contribution is 0.0463. The summed E-state index contributed by atoms with van der Waals surface area (Å²) in [5.41, 5.74) is 0.995. The van der Waals surface area contributed by atoms with Crippen molar-refractivity contribution in [2.75, 3.05) is 6.61 Å². The Morgan fingerprint density at radius 2 is 1.31 bits per heavy atom. The molecule has 0 aliphatic heterocycles. The lowest BCUT2D eigenvalue weighted by Crippen LogP contribution is -2.09. The van der Waals surface area contributed by atoms with Crippen LogP contribution in [0.3, 0.4) is 0 Å². The summed E-state index contributed by atoms with van der Waals surface area (Å²) in [4.78, 5) is 24.2. The van der Waals surface area contributed by atoms with Crippen LogP contribution >= 0.6 is 0 Å². The number of carbonyl (C=O) groups excluding carboxylic acids is 2. The fourth-order valence-electron chi connectivity index (χ4n) is 2.89. The van der Waals surface area contributed by atoms with Crippen LogP contribution in [0.25, 0.3) is 0 Å². The van der Waals surface area contributed by atoms with Gasteiger partial charge in [0, 0.05) is 5.56 Å². The number of esters is 2. The van der Waals surface area contributed by atoms with Gasteiger partial charge in [-0.25, -0.2) is 14.0 Å². The summed E-state index contributed by atoms with van der Waals surface area (Å²) in [6.45, 7) is 2.45. The predicted octanol–water partition coefficient (Wildman–Crippen LogP) is 6.09. The zero-order chi connectivity index (χ0) is 20.9. The molecule has 0 aliphatic carbocycles. The number of halogens is 1. The summed E-state index contributed by atoms with van der Waals surface area (Å²) >= 11 is 0. The second-order valence-corrected chi connectivity index (χ2v) is 7.00. The molecule has 0 aliphatic rings. The summed E-state index contributed by atoms with van der Waals surface area (Å²) in [5.74, 6) is -1.39. The maximum atomic E-state index is 13.6. The quantitative estimate of drug-likeness (QED) is 0.319. The molecule has 29 heavy (non-hydrogen) atoms. The Bertz CT molecular complexity index is 771. The van der Waals surface area contributed by atoms with Crippen LogP contribution in [-0.2, 0) is 16.1 Å². The van der Waals surface area contributed by atoms with Crippen molar-refractivity contribution in [1.82, 2.24) is 0 Å². The van der Waals surface area contributed by atoms with Crippen molar-refractivity contribution in [2.24, 2.45) is 0 Å². The van der Waals surface area contributed by atoms with Gasteiger partial charge < -0.3 is 9.47 Å². The lowest BCUT2D eigenvalue weighted by Gasteiger charge is -2.07. The monoisotopic (exact) mass is 400 g/mol. The zero-order valence-corrected chi connectivity index (χ0v) is 17.0. The van der Waals surface area contributed by atoms with Gasteiger partial charge in [0.05, 0.1) is 17.7 Å². The highest BCUT2D eigenvalue weighted by molar-refractivity contribution is 5.93. The fourth-order valence-corrected chi connectivity index (χ4v) is 2.89. The van der Waals surface area contributed by atoms with Crippen LogP contribution in [0, 0.1) is 5.82 Å². The van der Waals surface area contributed by atoms with Crippen LogP contribution in [0.15, 0.2) is 48.5 Å². The first-order valence-electron chi connectivity index (χ1n) is 10.3. The second kappa shape index (κ2) is 12.7. The molecule has 0 saturated heterocycles. The van der Waals surface area contributed by atoms with Gasteiger partial charge in [0.1, 0.15) is 12.4 Å². The summed E-state index contributed by atoms with van der Waals surface area (Å²) in [6, 6.07) is 12.2. The van der Waals surface area contributed by atoms with E-state index in [1.54, 1.807) is 18.2 Å². The zero-order valence-electron chi connectivity index (χ0n) is 17.0. The molecule has 0 bridgehead atoms. The third-order valence-corrected chi connectivity index (χ3v) is 4.65. The Morgan fingerprint density at radius 1 is 0.759 bits per heavy atom. The molecule has 0 saturated carbocycles. The van der Waals surface area contributed by atoms with Crippen molar-refractivity contribution in [3.63, 3.8) is 0 Å². The summed E-state index contributed by atoms with van der Waals surface area (Å²) in [6.07, 6.45) is 8.10. The minimum Gasteiger partial charge on any atom is -0.462 e. The molecule has 2 aromatic rings. The molecule has 0 fully saturated rings. The molecule has 0 atom stereocenters. The lowest BCUT2D eigenvalue weighted by atomic mass is 10.1. The van der Waals surface area contributed by atoms with Crippen LogP contribution in [0.4, 0.5) is 4.39 Å². The topological polar surface area (TPSA) is 52.6 Å². The van der Waals surface area contributed by atoms with E-state index in [4.69, 9.17) is 9.47 Å². The first-order chi connectivity index (χ1) is 14.1. The van der Waals surface area contributed by atoms with Crippen LogP contribution in [0.2, 0.25) is 0 Å². The van der Waals surface area contributed by atoms with Gasteiger partial charge in [-0.1, -0.05) is 63.6 Å². The maximum absolute atomic E-state index is 13.6. The van der Waals surface area contributed by atoms with E-state index in [1.807, 2.05) is 0 Å². The fraction of sp³-hybridized carbons (Fsp3) is 0.417. The Morgan fingerprint density at radius 3 is 1.93 bits per heavy atom. The van der Waals surface area contributed by atoms with Crippen molar-refractivity contribution in [2.45, 2.75) is 58.5 Å². The van der Waals surface area contributed by atoms with Gasteiger partial charge in [0.25, 0.3) is 0 Å². The molecular formula is C24H29FO4. The van der Waals surface area contributed by atoms with Crippen molar-refractivity contribution >= 4 is 11.9 Å². The third kappa shape index (κ3) is 8.06. The van der Waals surface area contributed by atoms with E-state index in [0.29, 0.717) is 23.3 Å². The molecule has 0 unspecified atom stereocenters. The van der Waals surface area contributed by atoms with Crippen LogP contribution in [-0.4, -0.2) is 18.5 Å². The van der Waals surface area contributed by atoms with Crippen LogP contribution in [0.1, 0.15) is 78.1 Å². The van der Waals surface area contributed by atoms with E-state index in [9.17, 15) is 14.0 Å². The molecule has 0 aromatic heterocycles. The average molecular weight is 400 g/mol. The third-order valence-electron chi connectivity index (χ3n) is 4.65. The Kier molecular flexibility index (Phi) is 9.90. The van der Waals surface area contributed by atoms with Gasteiger partial charge in [0.2, 0.25) is 0 Å². The van der Waals surface area contributed by atoms with Crippen molar-refractivity contribution in [1.29, 1.82) is 0 Å². The molecule has 0 radical (unpaired) electrons. The molecule has 156 valence electrons. The first-order valence-corrected chi connectivity index (χ1v) is 10.3. The van der Waals surface area contributed by atoms with Gasteiger partial charge in [-0.05, 0) is 36.8 Å². The Balaban J connectivity index is 1.71. The number of ether oxygens (including phenoxy) is 2. The maximum Gasteiger partial charge on any atom is 0.338 e. The molecule has 0 N–H and O–H groups in total. The smallest absolute Gasteiger partial charge is 0.338 e. The Hall–Kier alpha value is -2.69. The largest absolute Gasteiger partial charge is 0.462 e. The number of hydrogen-bond donors (Lipinski definition) is 0. The summed E-state index contributed by atoms with van der Waals surface area (Å²) < 4.78 is 24.0. The molecule has 2 rings (SSSR count). The van der Waals surface area contributed by atoms with Crippen molar-refractivity contribution < 1.29 is 23.5 Å². The minimum atomic E-state index is -0.573. The van der Waals surface area contributed by atoms with Gasteiger partial charge in [-0.2, -0.15) is 0 Å². The minimum absolute atomic E-state index is 0.145. The van der Waals surface area contributed by atoms with Crippen molar-refractivity contribution in [3.05, 3.63) is 71.0 Å². The molecule has 0 heterocycles. The van der Waals surface area contributed by atoms with E-state index < -0.39 is 17.8 Å². The predicted molar refractivity (Wildman–Crippen MR) is 110 cm³/mol. The van der Waals surface area contributed by atoms with Crippen molar-refractivity contribution in [3.8, 4) is 0 Å². The number of carbonyl (C=O) groups is 2. The van der Waals surface area contributed by atoms with E-state index in [2.05, 4.69) is 6.92 Å². The highest BCUT2D eigenvalue weighted by atomic mass is 19.1. The van der Waals surface area contributed by atoms with Gasteiger partial charge in [-0.3, -0.25) is 0 Å². The molecule has 5 heteroatoms. The van der Waals surface area contributed by atoms with E-state index in [-0.39, 0.29) is 6.61 Å². The standard InChI is InChI=1S/C24H29FO4/c1-2-3-4-5-6-7-10-17-28-23(26)19-13-15-20(16-14-19)24(27)29-18-21-11-8-9-12-22(21)25/h8-9,11-16H,2-7,10,17-18H2,1H3. The second-order valence-electron chi connectivity index (χ2n) is 7.00. The van der Waals surface area contributed by atoms with E-state index in [0.717, 1.165) is 12.8 Å². The first kappa shape index (κ1) is 22.6. The number of benzene rings is 2. The summed E-state index contributed by atoms with van der Waals surface area (Å²) in [5, 5.41) is 0. The molecular weight excluding hydrogens is 371 g/mol. The van der Waals surface area contributed by atoms with Gasteiger partial charge in [-0.15, -0.1) is 0 Å². The van der Waals surface area contributed by atoms with Gasteiger partial charge >= 0.3 is 11.9 Å². The van der Waals surface area contributed by atoms with E-state index >= 15 is 0 Å². The normalized spacial score (nSPS) is 10.6. The molecule has 0 spiro atoms. The highest BCUT2D eigenvalue weighted by Crippen LogP contribution is 2.12. The molecule has 0 amide bonds. The average Bonchev–Trinajstić information content (AvgIpc) is 2.74. The molecule has 2 aromatic carbocycles. The van der Waals surface area contributed by atoms with E-state index in [1.165, 1.54) is 62.4 Å². The van der Waals surface area contributed by atoms with Gasteiger partial charge in [0.15, 0.2) is 0 Å². The highest BCUT2D eigenvalue weighted by Gasteiger charge is 2.12. The SMILES string of the molecule is CCCCCCCCCOC(=O)c1ccc(C(=O)OCc2ccccc2F)cc1. The summed E-state index contributed by atoms with van der Waals surface area (Å²) in [7, 11) is 0. The molecule has 4 nitrogen and oxygen atoms in total. The number of unbranched alkanes of at least 4 members (excludes halogenated alkanes) is 6. The number of hydrogen-bond acceptors (Lipinski definition) is 4. The van der Waals surface area contributed by atoms with Crippen LogP contribution < -0.4 is 0 Å². The van der Waals surface area contributed by atoms with Crippen LogP contribution in [0.5, 0.6) is 0 Å². The number of rotatable bonds is 12. The Labute approximate surface area is 172 Å².